The van der Waals surface area contributed by atoms with Crippen LogP contribution in [0.2, 0.25) is 5.02 Å². The normalized spacial score (nSPS) is 21.2. The molecule has 9 heteroatoms. The third-order valence-electron chi connectivity index (χ3n) is 9.47. The molecule has 0 bridgehead atoms. The van der Waals surface area contributed by atoms with Gasteiger partial charge in [-0.05, 0) is 93.9 Å². The van der Waals surface area contributed by atoms with Crippen LogP contribution in [0, 0.1) is 11.7 Å². The maximum Gasteiger partial charge on any atom is 0.335 e. The molecule has 1 atom stereocenters. The van der Waals surface area contributed by atoms with Crippen molar-refractivity contribution in [2.75, 3.05) is 19.7 Å². The van der Waals surface area contributed by atoms with Crippen LogP contribution < -0.4 is 9.47 Å². The second-order valence-electron chi connectivity index (χ2n) is 12.4. The van der Waals surface area contributed by atoms with Crippen LogP contribution in [0.25, 0.3) is 11.0 Å². The highest BCUT2D eigenvalue weighted by Crippen LogP contribution is 2.46. The number of ether oxygens (including phenoxy) is 2. The first kappa shape index (κ1) is 28.2. The van der Waals surface area contributed by atoms with Gasteiger partial charge in [0.05, 0.1) is 23.1 Å². The Morgan fingerprint density at radius 1 is 1.12 bits per heavy atom. The average Bonchev–Trinajstić information content (AvgIpc) is 3.30. The molecule has 224 valence electrons. The van der Waals surface area contributed by atoms with E-state index >= 15 is 0 Å². The summed E-state index contributed by atoms with van der Waals surface area (Å²) < 4.78 is 29.8. The molecule has 4 aromatic rings. The van der Waals surface area contributed by atoms with Crippen LogP contribution >= 0.6 is 11.6 Å². The number of halogens is 2. The van der Waals surface area contributed by atoms with E-state index in [4.69, 9.17) is 26.1 Å². The average molecular weight is 604 g/mol. The SMILES string of the molecule is C[C@]1(c2ccc(Cl)cc2F)COc2c(cccc2C2CCN(Cc3nc4ccc(C(=O)O)cc4n3CC3CCC3)CC2)O1. The molecular weight excluding hydrogens is 569 g/mol. The number of hydrogen-bond acceptors (Lipinski definition) is 5. The van der Waals surface area contributed by atoms with Crippen molar-refractivity contribution >= 4 is 28.6 Å². The first-order valence-corrected chi connectivity index (χ1v) is 15.5. The standard InChI is InChI=1S/C34H35ClFN3O4/c1-34(26-10-9-24(35)17-27(26)36)20-42-32-25(6-3-7-30(32)43-34)22-12-14-38(15-13-22)19-31-37-28-11-8-23(33(40)41)16-29(28)39(31)18-21-4-2-5-21/h3,6-11,16-17,21-22H,2,4-5,12-15,18-20H2,1H3,(H,40,41)/t34-/m1/s1. The molecule has 0 radical (unpaired) electrons. The molecule has 1 saturated carbocycles. The van der Waals surface area contributed by atoms with E-state index in [9.17, 15) is 14.3 Å². The zero-order valence-corrected chi connectivity index (χ0v) is 24.9. The first-order valence-electron chi connectivity index (χ1n) is 15.1. The summed E-state index contributed by atoms with van der Waals surface area (Å²) in [5.74, 6) is 2.01. The predicted molar refractivity (Wildman–Crippen MR) is 163 cm³/mol. The van der Waals surface area contributed by atoms with Crippen molar-refractivity contribution in [3.63, 3.8) is 0 Å². The van der Waals surface area contributed by atoms with Crippen molar-refractivity contribution in [1.29, 1.82) is 0 Å². The number of carboxylic acids is 1. The van der Waals surface area contributed by atoms with Crippen molar-refractivity contribution in [1.82, 2.24) is 14.5 Å². The van der Waals surface area contributed by atoms with Crippen molar-refractivity contribution < 1.29 is 23.8 Å². The van der Waals surface area contributed by atoms with E-state index in [2.05, 4.69) is 15.5 Å². The number of aromatic nitrogens is 2. The van der Waals surface area contributed by atoms with Crippen LogP contribution in [0.3, 0.4) is 0 Å². The maximum atomic E-state index is 14.8. The fraction of sp³-hybridized carbons (Fsp3) is 0.412. The van der Waals surface area contributed by atoms with E-state index in [1.54, 1.807) is 24.3 Å². The van der Waals surface area contributed by atoms with Crippen LogP contribution in [-0.2, 0) is 18.7 Å². The lowest BCUT2D eigenvalue weighted by molar-refractivity contribution is -0.00125. The highest BCUT2D eigenvalue weighted by Gasteiger charge is 2.39. The first-order chi connectivity index (χ1) is 20.8. The van der Waals surface area contributed by atoms with Gasteiger partial charge in [-0.2, -0.15) is 0 Å². The van der Waals surface area contributed by atoms with Crippen LogP contribution in [0.4, 0.5) is 4.39 Å². The number of carboxylic acid groups (broad SMARTS) is 1. The molecule has 0 spiro atoms. The number of para-hydroxylation sites is 1. The van der Waals surface area contributed by atoms with Gasteiger partial charge in [0.1, 0.15) is 18.2 Å². The molecular formula is C34H35ClFN3O4. The van der Waals surface area contributed by atoms with Crippen LogP contribution in [0.1, 0.15) is 72.3 Å². The molecule has 0 unspecified atom stereocenters. The molecule has 3 aromatic carbocycles. The Kier molecular flexibility index (Phi) is 7.30. The molecule has 0 amide bonds. The van der Waals surface area contributed by atoms with E-state index in [1.165, 1.54) is 25.3 Å². The van der Waals surface area contributed by atoms with Gasteiger partial charge >= 0.3 is 5.97 Å². The third kappa shape index (κ3) is 5.36. The molecule has 7 nitrogen and oxygen atoms in total. The largest absolute Gasteiger partial charge is 0.485 e. The summed E-state index contributed by atoms with van der Waals surface area (Å²) in [7, 11) is 0. The summed E-state index contributed by atoms with van der Waals surface area (Å²) >= 11 is 5.98. The topological polar surface area (TPSA) is 76.8 Å². The van der Waals surface area contributed by atoms with Crippen LogP contribution in [0.5, 0.6) is 11.5 Å². The number of likely N-dealkylation sites (tertiary alicyclic amines) is 1. The minimum atomic E-state index is -0.959. The molecule has 2 fully saturated rings. The number of piperidine rings is 1. The van der Waals surface area contributed by atoms with Gasteiger partial charge in [-0.15, -0.1) is 0 Å². The van der Waals surface area contributed by atoms with Crippen LogP contribution in [0.15, 0.2) is 54.6 Å². The van der Waals surface area contributed by atoms with Crippen molar-refractivity contribution in [3.05, 3.63) is 88.0 Å². The van der Waals surface area contributed by atoms with Gasteiger partial charge in [-0.3, -0.25) is 4.90 Å². The van der Waals surface area contributed by atoms with Crippen LogP contribution in [-0.4, -0.2) is 45.2 Å². The lowest BCUT2D eigenvalue weighted by atomic mass is 9.85. The lowest BCUT2D eigenvalue weighted by Crippen LogP contribution is -2.40. The Morgan fingerprint density at radius 2 is 1.93 bits per heavy atom. The fourth-order valence-corrected chi connectivity index (χ4v) is 6.95. The Morgan fingerprint density at radius 3 is 2.65 bits per heavy atom. The number of imidazole rings is 1. The summed E-state index contributed by atoms with van der Waals surface area (Å²) in [6.07, 6.45) is 5.62. The quantitative estimate of drug-likeness (QED) is 0.237. The number of benzene rings is 3. The van der Waals surface area contributed by atoms with Gasteiger partial charge in [-0.1, -0.05) is 36.2 Å². The zero-order valence-electron chi connectivity index (χ0n) is 24.2. The van der Waals surface area contributed by atoms with E-state index in [-0.39, 0.29) is 6.61 Å². The Labute approximate surface area is 255 Å². The van der Waals surface area contributed by atoms with Crippen molar-refractivity contribution in [3.8, 4) is 11.5 Å². The summed E-state index contributed by atoms with van der Waals surface area (Å²) in [6.45, 7) is 5.49. The molecule has 3 aliphatic rings. The van der Waals surface area contributed by atoms with E-state index in [0.717, 1.165) is 67.2 Å². The van der Waals surface area contributed by atoms with Crippen molar-refractivity contribution in [2.45, 2.75) is 63.6 Å². The molecule has 1 saturated heterocycles. The molecule has 1 N–H and O–H groups in total. The Balaban J connectivity index is 1.07. The van der Waals surface area contributed by atoms with Gasteiger partial charge in [0.25, 0.3) is 0 Å². The molecule has 3 heterocycles. The monoisotopic (exact) mass is 603 g/mol. The second-order valence-corrected chi connectivity index (χ2v) is 12.9. The Hall–Kier alpha value is -3.62. The molecule has 43 heavy (non-hydrogen) atoms. The summed E-state index contributed by atoms with van der Waals surface area (Å²) in [5.41, 5.74) is 2.66. The molecule has 2 aliphatic heterocycles. The lowest BCUT2D eigenvalue weighted by Gasteiger charge is -2.38. The fourth-order valence-electron chi connectivity index (χ4n) is 6.79. The summed E-state index contributed by atoms with van der Waals surface area (Å²) in [6, 6.07) is 15.9. The van der Waals surface area contributed by atoms with Gasteiger partial charge in [0, 0.05) is 22.7 Å². The highest BCUT2D eigenvalue weighted by molar-refractivity contribution is 6.30. The minimum absolute atomic E-state index is 0.204. The number of aromatic carboxylic acids is 1. The van der Waals surface area contributed by atoms with E-state index in [1.807, 2.05) is 25.1 Å². The van der Waals surface area contributed by atoms with Gasteiger partial charge in [0.2, 0.25) is 0 Å². The number of hydrogen-bond donors (Lipinski definition) is 1. The summed E-state index contributed by atoms with van der Waals surface area (Å²) in [4.78, 5) is 19.1. The number of carbonyl (C=O) groups is 1. The molecule has 1 aliphatic carbocycles. The molecule has 1 aromatic heterocycles. The smallest absolute Gasteiger partial charge is 0.335 e. The number of rotatable bonds is 7. The van der Waals surface area contributed by atoms with Gasteiger partial charge < -0.3 is 19.1 Å². The van der Waals surface area contributed by atoms with Gasteiger partial charge in [-0.25, -0.2) is 14.2 Å². The summed E-state index contributed by atoms with van der Waals surface area (Å²) in [5, 5.41) is 9.90. The zero-order chi connectivity index (χ0) is 29.7. The second kappa shape index (κ2) is 11.1. The Bertz CT molecular complexity index is 1690. The predicted octanol–water partition coefficient (Wildman–Crippen LogP) is 7.39. The number of fused-ring (bicyclic) bond motifs is 2. The number of nitrogens with zero attached hydrogens (tertiary/aromatic N) is 3. The minimum Gasteiger partial charge on any atom is -0.485 e. The van der Waals surface area contributed by atoms with E-state index in [0.29, 0.717) is 33.7 Å². The van der Waals surface area contributed by atoms with E-state index < -0.39 is 17.4 Å². The third-order valence-corrected chi connectivity index (χ3v) is 9.70. The molecule has 7 rings (SSSR count). The maximum absolute atomic E-state index is 14.8. The van der Waals surface area contributed by atoms with Gasteiger partial charge in [0.15, 0.2) is 17.1 Å². The highest BCUT2D eigenvalue weighted by atomic mass is 35.5. The van der Waals surface area contributed by atoms with Crippen molar-refractivity contribution in [2.24, 2.45) is 5.92 Å².